The number of hydrogen-bond donors (Lipinski definition) is 4. The summed E-state index contributed by atoms with van der Waals surface area (Å²) in [6, 6.07) is 16.4. The van der Waals surface area contributed by atoms with Gasteiger partial charge in [-0.05, 0) is 54.6 Å². The van der Waals surface area contributed by atoms with Crippen LogP contribution in [0.4, 0.5) is 11.4 Å². The molecule has 0 heterocycles. The minimum absolute atomic E-state index is 0.0313. The van der Waals surface area contributed by atoms with E-state index in [9.17, 15) is 19.8 Å². The molecule has 136 valence electrons. The van der Waals surface area contributed by atoms with Crippen molar-refractivity contribution in [1.29, 1.82) is 0 Å². The van der Waals surface area contributed by atoms with Gasteiger partial charge in [0.1, 0.15) is 11.5 Å². The van der Waals surface area contributed by atoms with Gasteiger partial charge in [-0.1, -0.05) is 23.7 Å². The highest BCUT2D eigenvalue weighted by atomic mass is 35.5. The average molecular weight is 383 g/mol. The zero-order chi connectivity index (χ0) is 19.4. The van der Waals surface area contributed by atoms with Crippen molar-refractivity contribution in [2.75, 3.05) is 10.6 Å². The monoisotopic (exact) mass is 382 g/mol. The molecule has 2 amide bonds. The van der Waals surface area contributed by atoms with Gasteiger partial charge in [-0.15, -0.1) is 0 Å². The second kappa shape index (κ2) is 7.80. The van der Waals surface area contributed by atoms with Crippen LogP contribution in [0.1, 0.15) is 20.7 Å². The molecule has 0 unspecified atom stereocenters. The summed E-state index contributed by atoms with van der Waals surface area (Å²) in [6.45, 7) is 0. The summed E-state index contributed by atoms with van der Waals surface area (Å²) in [6.07, 6.45) is 0. The van der Waals surface area contributed by atoms with E-state index in [1.807, 2.05) is 0 Å². The Bertz CT molecular complexity index is 1020. The largest absolute Gasteiger partial charge is 0.508 e. The van der Waals surface area contributed by atoms with Crippen LogP contribution in [0.2, 0.25) is 5.02 Å². The Kier molecular flexibility index (Phi) is 5.28. The number of carbonyl (C=O) groups excluding carboxylic acids is 2. The predicted octanol–water partition coefficient (Wildman–Crippen LogP) is 4.26. The predicted molar refractivity (Wildman–Crippen MR) is 104 cm³/mol. The van der Waals surface area contributed by atoms with Crippen molar-refractivity contribution < 1.29 is 19.8 Å². The van der Waals surface area contributed by atoms with E-state index in [1.165, 1.54) is 30.3 Å². The van der Waals surface area contributed by atoms with Gasteiger partial charge >= 0.3 is 0 Å². The van der Waals surface area contributed by atoms with Crippen molar-refractivity contribution in [1.82, 2.24) is 0 Å². The summed E-state index contributed by atoms with van der Waals surface area (Å²) < 4.78 is 0. The Morgan fingerprint density at radius 3 is 1.74 bits per heavy atom. The van der Waals surface area contributed by atoms with Crippen molar-refractivity contribution in [3.8, 4) is 11.5 Å². The summed E-state index contributed by atoms with van der Waals surface area (Å²) in [7, 11) is 0. The van der Waals surface area contributed by atoms with Crippen LogP contribution in [0, 0.1) is 0 Å². The van der Waals surface area contributed by atoms with Crippen LogP contribution < -0.4 is 10.6 Å². The number of halogens is 1. The lowest BCUT2D eigenvalue weighted by atomic mass is 10.1. The highest BCUT2D eigenvalue weighted by molar-refractivity contribution is 6.31. The molecule has 3 rings (SSSR count). The van der Waals surface area contributed by atoms with E-state index in [0.29, 0.717) is 16.4 Å². The van der Waals surface area contributed by atoms with Crippen molar-refractivity contribution in [2.24, 2.45) is 0 Å². The molecule has 0 aliphatic carbocycles. The van der Waals surface area contributed by atoms with Crippen molar-refractivity contribution in [3.05, 3.63) is 82.9 Å². The molecule has 27 heavy (non-hydrogen) atoms. The second-order valence-corrected chi connectivity index (χ2v) is 6.14. The van der Waals surface area contributed by atoms with Gasteiger partial charge in [0.2, 0.25) is 0 Å². The van der Waals surface area contributed by atoms with Crippen LogP contribution >= 0.6 is 11.6 Å². The summed E-state index contributed by atoms with van der Waals surface area (Å²) in [5.41, 5.74) is 1.14. The van der Waals surface area contributed by atoms with E-state index in [4.69, 9.17) is 11.6 Å². The van der Waals surface area contributed by atoms with E-state index in [-0.39, 0.29) is 22.6 Å². The molecule has 0 aromatic heterocycles. The van der Waals surface area contributed by atoms with Crippen LogP contribution in [0.25, 0.3) is 0 Å². The maximum atomic E-state index is 12.4. The molecule has 0 aliphatic rings. The molecule has 6 nitrogen and oxygen atoms in total. The van der Waals surface area contributed by atoms with Crippen LogP contribution in [-0.2, 0) is 0 Å². The lowest BCUT2D eigenvalue weighted by Crippen LogP contribution is -2.16. The fourth-order valence-electron chi connectivity index (χ4n) is 2.41. The number of rotatable bonds is 4. The Morgan fingerprint density at radius 1 is 0.704 bits per heavy atom. The first-order valence-electron chi connectivity index (χ1n) is 7.93. The molecule has 0 aliphatic heterocycles. The van der Waals surface area contributed by atoms with E-state index in [0.717, 1.165) is 0 Å². The smallest absolute Gasteiger partial charge is 0.255 e. The molecule has 0 saturated carbocycles. The minimum Gasteiger partial charge on any atom is -0.508 e. The number of aromatic hydroxyl groups is 2. The first kappa shape index (κ1) is 18.3. The van der Waals surface area contributed by atoms with Gasteiger partial charge in [-0.25, -0.2) is 0 Å². The highest BCUT2D eigenvalue weighted by Crippen LogP contribution is 2.27. The number of nitrogens with one attached hydrogen (secondary N) is 2. The standard InChI is InChI=1S/C20H15ClN2O4/c21-14-7-8-17(22-19(26)12-3-1-5-15(24)9-12)18(11-14)23-20(27)13-4-2-6-16(25)10-13/h1-11,24-25H,(H,22,26)(H,23,27). The lowest BCUT2D eigenvalue weighted by molar-refractivity contribution is 0.101. The molecule has 0 radical (unpaired) electrons. The van der Waals surface area contributed by atoms with E-state index in [1.54, 1.807) is 36.4 Å². The second-order valence-electron chi connectivity index (χ2n) is 5.70. The normalized spacial score (nSPS) is 10.3. The SMILES string of the molecule is O=C(Nc1ccc(Cl)cc1NC(=O)c1cccc(O)c1)c1cccc(O)c1. The number of amides is 2. The average Bonchev–Trinajstić information content (AvgIpc) is 2.64. The molecule has 0 fully saturated rings. The topological polar surface area (TPSA) is 98.7 Å². The molecule has 0 saturated heterocycles. The number of phenols is 2. The zero-order valence-electron chi connectivity index (χ0n) is 13.9. The summed E-state index contributed by atoms with van der Waals surface area (Å²) in [5.74, 6) is -0.996. The highest BCUT2D eigenvalue weighted by Gasteiger charge is 2.14. The minimum atomic E-state index is -0.471. The molecule has 0 spiro atoms. The number of phenolic OH excluding ortho intramolecular Hbond substituents is 2. The van der Waals surface area contributed by atoms with Gasteiger partial charge in [0.05, 0.1) is 11.4 Å². The first-order valence-corrected chi connectivity index (χ1v) is 8.30. The van der Waals surface area contributed by atoms with Crippen LogP contribution in [-0.4, -0.2) is 22.0 Å². The fraction of sp³-hybridized carbons (Fsp3) is 0. The van der Waals surface area contributed by atoms with Crippen LogP contribution in [0.5, 0.6) is 11.5 Å². The lowest BCUT2D eigenvalue weighted by Gasteiger charge is -2.13. The van der Waals surface area contributed by atoms with Crippen molar-refractivity contribution in [2.45, 2.75) is 0 Å². The van der Waals surface area contributed by atoms with Crippen molar-refractivity contribution >= 4 is 34.8 Å². The van der Waals surface area contributed by atoms with Crippen LogP contribution in [0.3, 0.4) is 0 Å². The van der Waals surface area contributed by atoms with Gasteiger partial charge in [0.15, 0.2) is 0 Å². The van der Waals surface area contributed by atoms with Gasteiger partial charge in [0, 0.05) is 16.1 Å². The first-order chi connectivity index (χ1) is 12.9. The van der Waals surface area contributed by atoms with Crippen molar-refractivity contribution in [3.63, 3.8) is 0 Å². The molecule has 4 N–H and O–H groups in total. The molecule has 3 aromatic carbocycles. The number of hydrogen-bond acceptors (Lipinski definition) is 4. The third kappa shape index (κ3) is 4.56. The van der Waals surface area contributed by atoms with Crippen LogP contribution in [0.15, 0.2) is 66.7 Å². The molecule has 3 aromatic rings. The summed E-state index contributed by atoms with van der Waals surface area (Å²) in [4.78, 5) is 24.8. The zero-order valence-corrected chi connectivity index (χ0v) is 14.7. The van der Waals surface area contributed by atoms with Gasteiger partial charge < -0.3 is 20.8 Å². The molecule has 7 heteroatoms. The molecular weight excluding hydrogens is 368 g/mol. The Labute approximate surface area is 160 Å². The third-order valence-electron chi connectivity index (χ3n) is 3.69. The van der Waals surface area contributed by atoms with E-state index >= 15 is 0 Å². The Balaban J connectivity index is 1.85. The molecular formula is C20H15ClN2O4. The molecule has 0 bridgehead atoms. The van der Waals surface area contributed by atoms with E-state index in [2.05, 4.69) is 10.6 Å². The van der Waals surface area contributed by atoms with Gasteiger partial charge in [-0.3, -0.25) is 9.59 Å². The van der Waals surface area contributed by atoms with Gasteiger partial charge in [0.25, 0.3) is 11.8 Å². The Morgan fingerprint density at radius 2 is 1.22 bits per heavy atom. The third-order valence-corrected chi connectivity index (χ3v) is 3.93. The molecule has 0 atom stereocenters. The summed E-state index contributed by atoms with van der Waals surface area (Å²) in [5, 5.41) is 24.7. The number of benzene rings is 3. The number of carbonyl (C=O) groups is 2. The quantitative estimate of drug-likeness (QED) is 0.542. The maximum Gasteiger partial charge on any atom is 0.255 e. The number of anilines is 2. The maximum absolute atomic E-state index is 12.4. The van der Waals surface area contributed by atoms with E-state index < -0.39 is 11.8 Å². The van der Waals surface area contributed by atoms with Gasteiger partial charge in [-0.2, -0.15) is 0 Å². The fourth-order valence-corrected chi connectivity index (χ4v) is 2.58. The Hall–Kier alpha value is -3.51. The summed E-state index contributed by atoms with van der Waals surface area (Å²) >= 11 is 6.01.